The van der Waals surface area contributed by atoms with Gasteiger partial charge in [0, 0.05) is 27.6 Å². The third-order valence-electron chi connectivity index (χ3n) is 3.46. The number of aromatic amines is 1. The summed E-state index contributed by atoms with van der Waals surface area (Å²) in [7, 11) is 0. The lowest BCUT2D eigenvalue weighted by atomic mass is 9.99. The number of para-hydroxylation sites is 1. The maximum atomic E-state index is 7.87. The Hall–Kier alpha value is -3.08. The van der Waals surface area contributed by atoms with Gasteiger partial charge in [0.05, 0.1) is 5.69 Å². The first-order chi connectivity index (χ1) is 10.1. The number of nitrogens with one attached hydrogen (secondary N) is 3. The van der Waals surface area contributed by atoms with E-state index in [1.165, 1.54) is 0 Å². The second kappa shape index (κ2) is 4.79. The van der Waals surface area contributed by atoms with Gasteiger partial charge in [0.25, 0.3) is 0 Å². The Morgan fingerprint density at radius 2 is 1.52 bits per heavy atom. The molecule has 0 bridgehead atoms. The average molecular weight is 277 g/mol. The fourth-order valence-electron chi connectivity index (χ4n) is 2.56. The molecule has 0 atom stereocenters. The zero-order chi connectivity index (χ0) is 15.0. The lowest BCUT2D eigenvalue weighted by Gasteiger charge is -2.08. The number of hydrogen-bond donors (Lipinski definition) is 5. The normalized spacial score (nSPS) is 10.7. The molecule has 21 heavy (non-hydrogen) atoms. The summed E-state index contributed by atoms with van der Waals surface area (Å²) in [5, 5.41) is 16.5. The van der Waals surface area contributed by atoms with E-state index in [1.54, 1.807) is 6.07 Å². The summed E-state index contributed by atoms with van der Waals surface area (Å²) in [5.74, 6) is -0.0282. The molecule has 2 aromatic carbocycles. The number of aromatic nitrogens is 1. The third kappa shape index (κ3) is 2.04. The van der Waals surface area contributed by atoms with Crippen LogP contribution in [0.1, 0.15) is 11.1 Å². The van der Waals surface area contributed by atoms with Gasteiger partial charge in [-0.2, -0.15) is 0 Å². The van der Waals surface area contributed by atoms with Crippen molar-refractivity contribution in [2.24, 2.45) is 11.5 Å². The molecular weight excluding hydrogens is 262 g/mol. The highest BCUT2D eigenvalue weighted by atomic mass is 14.8. The number of hydrogen-bond acceptors (Lipinski definition) is 2. The number of rotatable bonds is 3. The van der Waals surface area contributed by atoms with Crippen molar-refractivity contribution in [2.75, 3.05) is 0 Å². The van der Waals surface area contributed by atoms with Crippen molar-refractivity contribution in [1.29, 1.82) is 10.8 Å². The van der Waals surface area contributed by atoms with E-state index in [0.717, 1.165) is 22.2 Å². The maximum Gasteiger partial charge on any atom is 0.125 e. The predicted octanol–water partition coefficient (Wildman–Crippen LogP) is 2.40. The summed E-state index contributed by atoms with van der Waals surface area (Å²) in [5.41, 5.74) is 15.1. The van der Waals surface area contributed by atoms with Crippen LogP contribution in [0.2, 0.25) is 0 Å². The highest BCUT2D eigenvalue weighted by molar-refractivity contribution is 6.14. The molecule has 0 saturated carbocycles. The van der Waals surface area contributed by atoms with Crippen LogP contribution in [0.5, 0.6) is 0 Å². The minimum Gasteiger partial charge on any atom is -0.384 e. The molecule has 3 aromatic rings. The number of nitrogen functional groups attached to an aromatic ring is 2. The molecule has 0 spiro atoms. The largest absolute Gasteiger partial charge is 0.384 e. The summed E-state index contributed by atoms with van der Waals surface area (Å²) in [6.45, 7) is 0. The Kier molecular flexibility index (Phi) is 2.95. The van der Waals surface area contributed by atoms with E-state index in [2.05, 4.69) is 4.98 Å². The van der Waals surface area contributed by atoms with Gasteiger partial charge >= 0.3 is 0 Å². The maximum absolute atomic E-state index is 7.87. The molecular formula is C16H15N5. The monoisotopic (exact) mass is 277 g/mol. The zero-order valence-electron chi connectivity index (χ0n) is 11.3. The van der Waals surface area contributed by atoms with Gasteiger partial charge in [0.15, 0.2) is 0 Å². The van der Waals surface area contributed by atoms with Crippen LogP contribution in [0.3, 0.4) is 0 Å². The van der Waals surface area contributed by atoms with Crippen molar-refractivity contribution >= 4 is 22.6 Å². The van der Waals surface area contributed by atoms with Crippen LogP contribution >= 0.6 is 0 Å². The summed E-state index contributed by atoms with van der Waals surface area (Å²) >= 11 is 0. The van der Waals surface area contributed by atoms with Crippen LogP contribution in [-0.4, -0.2) is 16.7 Å². The van der Waals surface area contributed by atoms with Crippen molar-refractivity contribution in [1.82, 2.24) is 4.98 Å². The topological polar surface area (TPSA) is 116 Å². The first-order valence-electron chi connectivity index (χ1n) is 6.48. The third-order valence-corrected chi connectivity index (χ3v) is 3.46. The van der Waals surface area contributed by atoms with E-state index >= 15 is 0 Å². The number of fused-ring (bicyclic) bond motifs is 1. The van der Waals surface area contributed by atoms with Crippen molar-refractivity contribution < 1.29 is 0 Å². The SMILES string of the molecule is N=C(N)c1ccccc1-c1[nH]c2ccccc2c1C(=N)N. The van der Waals surface area contributed by atoms with Crippen molar-refractivity contribution in [3.63, 3.8) is 0 Å². The van der Waals surface area contributed by atoms with Crippen LogP contribution in [0.15, 0.2) is 48.5 Å². The molecule has 3 rings (SSSR count). The molecule has 0 radical (unpaired) electrons. The Balaban J connectivity index is 2.38. The number of H-pyrrole nitrogens is 1. The minimum absolute atomic E-state index is 0.0131. The molecule has 104 valence electrons. The average Bonchev–Trinajstić information content (AvgIpc) is 2.86. The van der Waals surface area contributed by atoms with E-state index in [9.17, 15) is 0 Å². The number of amidine groups is 2. The van der Waals surface area contributed by atoms with Crippen LogP contribution < -0.4 is 11.5 Å². The van der Waals surface area contributed by atoms with E-state index in [1.807, 2.05) is 42.5 Å². The molecule has 0 fully saturated rings. The van der Waals surface area contributed by atoms with Crippen LogP contribution in [-0.2, 0) is 0 Å². The van der Waals surface area contributed by atoms with E-state index in [4.69, 9.17) is 22.3 Å². The van der Waals surface area contributed by atoms with Crippen molar-refractivity contribution in [3.05, 3.63) is 59.7 Å². The first kappa shape index (κ1) is 12.9. The summed E-state index contributed by atoms with van der Waals surface area (Å²) in [4.78, 5) is 3.28. The summed E-state index contributed by atoms with van der Waals surface area (Å²) in [6, 6.07) is 15.0. The molecule has 0 saturated heterocycles. The fraction of sp³-hybridized carbons (Fsp3) is 0. The van der Waals surface area contributed by atoms with Gasteiger partial charge in [-0.25, -0.2) is 0 Å². The van der Waals surface area contributed by atoms with Gasteiger partial charge < -0.3 is 16.5 Å². The van der Waals surface area contributed by atoms with E-state index in [0.29, 0.717) is 11.1 Å². The van der Waals surface area contributed by atoms with E-state index < -0.39 is 0 Å². The fourth-order valence-corrected chi connectivity index (χ4v) is 2.56. The van der Waals surface area contributed by atoms with Crippen molar-refractivity contribution in [3.8, 4) is 11.3 Å². The predicted molar refractivity (Wildman–Crippen MR) is 85.8 cm³/mol. The second-order valence-electron chi connectivity index (χ2n) is 4.79. The minimum atomic E-state index is -0.0150. The summed E-state index contributed by atoms with van der Waals surface area (Å²) in [6.07, 6.45) is 0. The van der Waals surface area contributed by atoms with Gasteiger partial charge in [0.2, 0.25) is 0 Å². The molecule has 0 aliphatic carbocycles. The Morgan fingerprint density at radius 1 is 0.857 bits per heavy atom. The molecule has 0 aliphatic rings. The van der Waals surface area contributed by atoms with Gasteiger partial charge in [-0.15, -0.1) is 0 Å². The quantitative estimate of drug-likeness (QED) is 0.373. The molecule has 0 unspecified atom stereocenters. The Morgan fingerprint density at radius 3 is 2.24 bits per heavy atom. The number of nitrogens with two attached hydrogens (primary N) is 2. The molecule has 0 amide bonds. The molecule has 0 aliphatic heterocycles. The van der Waals surface area contributed by atoms with Crippen molar-refractivity contribution in [2.45, 2.75) is 0 Å². The Bertz CT molecular complexity index is 860. The lowest BCUT2D eigenvalue weighted by molar-refractivity contribution is 1.38. The smallest absolute Gasteiger partial charge is 0.125 e. The molecule has 5 heteroatoms. The molecule has 7 N–H and O–H groups in total. The first-order valence-corrected chi connectivity index (χ1v) is 6.48. The van der Waals surface area contributed by atoms with Crippen LogP contribution in [0.4, 0.5) is 0 Å². The van der Waals surface area contributed by atoms with Gasteiger partial charge in [-0.05, 0) is 6.07 Å². The molecule has 1 aromatic heterocycles. The summed E-state index contributed by atoms with van der Waals surface area (Å²) < 4.78 is 0. The molecule has 5 nitrogen and oxygen atoms in total. The highest BCUT2D eigenvalue weighted by Gasteiger charge is 2.18. The van der Waals surface area contributed by atoms with Gasteiger partial charge in [0.1, 0.15) is 11.7 Å². The number of benzene rings is 2. The standard InChI is InChI=1S/C16H15N5/c17-15(18)10-6-2-1-5-9(10)14-13(16(19)20)11-7-3-4-8-12(11)21-14/h1-8,21H,(H3,17,18)(H3,19,20). The highest BCUT2D eigenvalue weighted by Crippen LogP contribution is 2.31. The Labute approximate surface area is 121 Å². The zero-order valence-corrected chi connectivity index (χ0v) is 11.3. The van der Waals surface area contributed by atoms with Crippen LogP contribution in [0, 0.1) is 10.8 Å². The molecule has 1 heterocycles. The van der Waals surface area contributed by atoms with Crippen LogP contribution in [0.25, 0.3) is 22.2 Å². The van der Waals surface area contributed by atoms with Gasteiger partial charge in [-0.3, -0.25) is 10.8 Å². The van der Waals surface area contributed by atoms with Gasteiger partial charge in [-0.1, -0.05) is 42.5 Å². The van der Waals surface area contributed by atoms with E-state index in [-0.39, 0.29) is 11.7 Å². The lowest BCUT2D eigenvalue weighted by Crippen LogP contribution is -2.15. The second-order valence-corrected chi connectivity index (χ2v) is 4.79.